The SMILES string of the molecule is CCCCNC(=O)C1CC1C(=O)N1CCCCCC1. The molecule has 2 aliphatic rings. The minimum absolute atomic E-state index is 0.0280. The molecule has 1 N–H and O–H groups in total. The van der Waals surface area contributed by atoms with Crippen LogP contribution in [0.4, 0.5) is 0 Å². The fourth-order valence-corrected chi connectivity index (χ4v) is 2.80. The van der Waals surface area contributed by atoms with Crippen LogP contribution in [-0.4, -0.2) is 36.3 Å². The summed E-state index contributed by atoms with van der Waals surface area (Å²) in [5.41, 5.74) is 0. The number of nitrogens with one attached hydrogen (secondary N) is 1. The van der Waals surface area contributed by atoms with E-state index in [1.54, 1.807) is 0 Å². The molecule has 2 rings (SSSR count). The Hall–Kier alpha value is -1.06. The van der Waals surface area contributed by atoms with Gasteiger partial charge in [0.25, 0.3) is 0 Å². The second-order valence-electron chi connectivity index (χ2n) is 5.83. The van der Waals surface area contributed by atoms with Gasteiger partial charge in [0, 0.05) is 19.6 Å². The zero-order valence-electron chi connectivity index (χ0n) is 12.0. The maximum Gasteiger partial charge on any atom is 0.226 e. The first-order valence-corrected chi connectivity index (χ1v) is 7.80. The first kappa shape index (κ1) is 14.4. The quantitative estimate of drug-likeness (QED) is 0.773. The number of rotatable bonds is 5. The molecule has 2 amide bonds. The molecule has 2 fully saturated rings. The average Bonchev–Trinajstić information content (AvgIpc) is 3.22. The lowest BCUT2D eigenvalue weighted by Gasteiger charge is -2.20. The molecule has 1 heterocycles. The summed E-state index contributed by atoms with van der Waals surface area (Å²) in [5, 5.41) is 2.94. The number of amides is 2. The minimum Gasteiger partial charge on any atom is -0.356 e. The van der Waals surface area contributed by atoms with Gasteiger partial charge in [-0.2, -0.15) is 0 Å². The van der Waals surface area contributed by atoms with Crippen molar-refractivity contribution in [3.63, 3.8) is 0 Å². The molecule has 0 bridgehead atoms. The summed E-state index contributed by atoms with van der Waals surface area (Å²) in [5.74, 6) is 0.228. The number of unbranched alkanes of at least 4 members (excludes halogenated alkanes) is 1. The first-order valence-electron chi connectivity index (χ1n) is 7.80. The molecule has 1 aliphatic carbocycles. The summed E-state index contributed by atoms with van der Waals surface area (Å²) in [6, 6.07) is 0. The standard InChI is InChI=1S/C15H26N2O2/c1-2-3-8-16-14(18)12-11-13(12)15(19)17-9-6-4-5-7-10-17/h12-13H,2-11H2,1H3,(H,16,18). The smallest absolute Gasteiger partial charge is 0.226 e. The van der Waals surface area contributed by atoms with Gasteiger partial charge in [-0.05, 0) is 25.7 Å². The second-order valence-corrected chi connectivity index (χ2v) is 5.83. The number of nitrogens with zero attached hydrogens (tertiary/aromatic N) is 1. The summed E-state index contributed by atoms with van der Waals surface area (Å²) in [7, 11) is 0. The van der Waals surface area contributed by atoms with Gasteiger partial charge in [-0.3, -0.25) is 9.59 Å². The van der Waals surface area contributed by atoms with Crippen molar-refractivity contribution in [3.8, 4) is 0 Å². The van der Waals surface area contributed by atoms with Crippen LogP contribution < -0.4 is 5.32 Å². The van der Waals surface area contributed by atoms with Crippen LogP contribution in [0.25, 0.3) is 0 Å². The van der Waals surface area contributed by atoms with E-state index in [4.69, 9.17) is 0 Å². The molecule has 2 atom stereocenters. The van der Waals surface area contributed by atoms with Gasteiger partial charge in [0.2, 0.25) is 11.8 Å². The summed E-state index contributed by atoms with van der Waals surface area (Å²) in [6.07, 6.45) is 7.56. The van der Waals surface area contributed by atoms with E-state index in [9.17, 15) is 9.59 Å². The van der Waals surface area contributed by atoms with E-state index in [0.29, 0.717) is 0 Å². The van der Waals surface area contributed by atoms with E-state index >= 15 is 0 Å². The Morgan fingerprint density at radius 1 is 1.11 bits per heavy atom. The van der Waals surface area contributed by atoms with E-state index in [0.717, 1.165) is 51.7 Å². The largest absolute Gasteiger partial charge is 0.356 e. The third kappa shape index (κ3) is 3.95. The highest BCUT2D eigenvalue weighted by molar-refractivity contribution is 5.92. The highest BCUT2D eigenvalue weighted by atomic mass is 16.2. The Labute approximate surface area is 115 Å². The third-order valence-electron chi connectivity index (χ3n) is 4.19. The topological polar surface area (TPSA) is 49.4 Å². The molecule has 1 aliphatic heterocycles. The summed E-state index contributed by atoms with van der Waals surface area (Å²) in [4.78, 5) is 26.2. The van der Waals surface area contributed by atoms with Crippen molar-refractivity contribution in [1.29, 1.82) is 0 Å². The second kappa shape index (κ2) is 6.92. The average molecular weight is 266 g/mol. The zero-order chi connectivity index (χ0) is 13.7. The van der Waals surface area contributed by atoms with Crippen LogP contribution >= 0.6 is 0 Å². The Kier molecular flexibility index (Phi) is 5.23. The normalized spacial score (nSPS) is 26.7. The van der Waals surface area contributed by atoms with Crippen LogP contribution in [0.3, 0.4) is 0 Å². The monoisotopic (exact) mass is 266 g/mol. The maximum absolute atomic E-state index is 12.3. The summed E-state index contributed by atoms with van der Waals surface area (Å²) >= 11 is 0. The van der Waals surface area contributed by atoms with Gasteiger partial charge in [0.1, 0.15) is 0 Å². The highest BCUT2D eigenvalue weighted by Gasteiger charge is 2.49. The van der Waals surface area contributed by atoms with Gasteiger partial charge in [-0.25, -0.2) is 0 Å². The molecule has 0 spiro atoms. The lowest BCUT2D eigenvalue weighted by Crippen LogP contribution is -2.35. The third-order valence-corrected chi connectivity index (χ3v) is 4.19. The molecule has 0 aromatic heterocycles. The summed E-state index contributed by atoms with van der Waals surface area (Å²) in [6.45, 7) is 4.63. The van der Waals surface area contributed by atoms with E-state index in [1.165, 1.54) is 12.8 Å². The Balaban J connectivity index is 1.74. The molecule has 1 saturated heterocycles. The van der Waals surface area contributed by atoms with Crippen LogP contribution in [0.15, 0.2) is 0 Å². The molecule has 2 unspecified atom stereocenters. The van der Waals surface area contributed by atoms with E-state index < -0.39 is 0 Å². The summed E-state index contributed by atoms with van der Waals surface area (Å²) < 4.78 is 0. The Bertz CT molecular complexity index is 322. The van der Waals surface area contributed by atoms with Crippen molar-refractivity contribution in [2.75, 3.05) is 19.6 Å². The molecule has 4 heteroatoms. The van der Waals surface area contributed by atoms with E-state index in [2.05, 4.69) is 12.2 Å². The zero-order valence-corrected chi connectivity index (χ0v) is 12.0. The lowest BCUT2D eigenvalue weighted by atomic mass is 10.2. The van der Waals surface area contributed by atoms with Crippen LogP contribution in [0.5, 0.6) is 0 Å². The Morgan fingerprint density at radius 2 is 1.79 bits per heavy atom. The number of hydrogen-bond donors (Lipinski definition) is 1. The lowest BCUT2D eigenvalue weighted by molar-refractivity contribution is -0.134. The predicted molar refractivity (Wildman–Crippen MR) is 74.6 cm³/mol. The van der Waals surface area contributed by atoms with E-state index in [1.807, 2.05) is 4.90 Å². The molecule has 0 aromatic rings. The van der Waals surface area contributed by atoms with Crippen LogP contribution in [-0.2, 0) is 9.59 Å². The molecule has 108 valence electrons. The molecule has 0 radical (unpaired) electrons. The van der Waals surface area contributed by atoms with Gasteiger partial charge in [-0.15, -0.1) is 0 Å². The van der Waals surface area contributed by atoms with Gasteiger partial charge >= 0.3 is 0 Å². The number of carbonyl (C=O) groups excluding carboxylic acids is 2. The fraction of sp³-hybridized carbons (Fsp3) is 0.867. The van der Waals surface area contributed by atoms with Gasteiger partial charge in [0.05, 0.1) is 11.8 Å². The number of likely N-dealkylation sites (tertiary alicyclic amines) is 1. The maximum atomic E-state index is 12.3. The fourth-order valence-electron chi connectivity index (χ4n) is 2.80. The van der Waals surface area contributed by atoms with Crippen LogP contribution in [0.2, 0.25) is 0 Å². The molecule has 4 nitrogen and oxygen atoms in total. The van der Waals surface area contributed by atoms with Crippen molar-refractivity contribution in [3.05, 3.63) is 0 Å². The van der Waals surface area contributed by atoms with Crippen molar-refractivity contribution >= 4 is 11.8 Å². The highest BCUT2D eigenvalue weighted by Crippen LogP contribution is 2.40. The Morgan fingerprint density at radius 3 is 2.42 bits per heavy atom. The van der Waals surface area contributed by atoms with Crippen molar-refractivity contribution in [1.82, 2.24) is 10.2 Å². The van der Waals surface area contributed by atoms with Gasteiger partial charge in [-0.1, -0.05) is 26.2 Å². The predicted octanol–water partition coefficient (Wildman–Crippen LogP) is 1.94. The van der Waals surface area contributed by atoms with Gasteiger partial charge in [0.15, 0.2) is 0 Å². The minimum atomic E-state index is -0.0485. The van der Waals surface area contributed by atoms with Gasteiger partial charge < -0.3 is 10.2 Å². The van der Waals surface area contributed by atoms with Crippen LogP contribution in [0.1, 0.15) is 51.9 Å². The van der Waals surface area contributed by atoms with Crippen molar-refractivity contribution in [2.45, 2.75) is 51.9 Å². The first-order chi connectivity index (χ1) is 9.24. The van der Waals surface area contributed by atoms with Crippen LogP contribution in [0, 0.1) is 11.8 Å². The van der Waals surface area contributed by atoms with Crippen molar-refractivity contribution < 1.29 is 9.59 Å². The van der Waals surface area contributed by atoms with E-state index in [-0.39, 0.29) is 23.7 Å². The van der Waals surface area contributed by atoms with Crippen molar-refractivity contribution in [2.24, 2.45) is 11.8 Å². The molecular weight excluding hydrogens is 240 g/mol. The number of carbonyl (C=O) groups is 2. The molecule has 19 heavy (non-hydrogen) atoms. The number of hydrogen-bond acceptors (Lipinski definition) is 2. The molecule has 1 saturated carbocycles. The molecule has 0 aromatic carbocycles. The molecular formula is C15H26N2O2.